The number of anilines is 1. The fourth-order valence-electron chi connectivity index (χ4n) is 2.35. The van der Waals surface area contributed by atoms with Crippen molar-refractivity contribution < 1.29 is 4.79 Å². The Morgan fingerprint density at radius 3 is 2.52 bits per heavy atom. The summed E-state index contributed by atoms with van der Waals surface area (Å²) in [6.45, 7) is 4.00. The second-order valence-electron chi connectivity index (χ2n) is 5.22. The van der Waals surface area contributed by atoms with E-state index in [1.54, 1.807) is 6.07 Å². The van der Waals surface area contributed by atoms with Crippen LogP contribution in [-0.4, -0.2) is 11.9 Å². The van der Waals surface area contributed by atoms with Gasteiger partial charge in [-0.25, -0.2) is 0 Å². The van der Waals surface area contributed by atoms with Crippen molar-refractivity contribution >= 4 is 23.2 Å². The largest absolute Gasteiger partial charge is 0.382 e. The lowest BCUT2D eigenvalue weighted by Gasteiger charge is -2.18. The van der Waals surface area contributed by atoms with Gasteiger partial charge in [-0.3, -0.25) is 4.79 Å². The summed E-state index contributed by atoms with van der Waals surface area (Å²) in [6.07, 6.45) is 0.872. The number of benzene rings is 2. The van der Waals surface area contributed by atoms with Crippen LogP contribution in [-0.2, 0) is 6.42 Å². The Hall–Kier alpha value is -2.00. The van der Waals surface area contributed by atoms with Crippen LogP contribution in [0.4, 0.5) is 5.69 Å². The summed E-state index contributed by atoms with van der Waals surface area (Å²) in [5, 5.41) is 4.17. The maximum absolute atomic E-state index is 11.4. The van der Waals surface area contributed by atoms with Gasteiger partial charge in [-0.1, -0.05) is 29.8 Å². The molecule has 1 amide bonds. The van der Waals surface area contributed by atoms with E-state index >= 15 is 0 Å². The third-order valence-electron chi connectivity index (χ3n) is 3.46. The predicted molar refractivity (Wildman–Crippen MR) is 87.9 cm³/mol. The third kappa shape index (κ3) is 3.99. The van der Waals surface area contributed by atoms with Crippen molar-refractivity contribution in [3.8, 4) is 0 Å². The number of nitrogens with one attached hydrogen (secondary N) is 1. The molecule has 0 saturated heterocycles. The predicted octanol–water partition coefficient (Wildman–Crippen LogP) is 3.79. The minimum atomic E-state index is -0.401. The van der Waals surface area contributed by atoms with E-state index < -0.39 is 5.91 Å². The molecule has 0 heterocycles. The van der Waals surface area contributed by atoms with Crippen LogP contribution >= 0.6 is 11.6 Å². The van der Waals surface area contributed by atoms with Gasteiger partial charge in [0.1, 0.15) is 0 Å². The molecule has 0 aliphatic heterocycles. The zero-order valence-electron chi connectivity index (χ0n) is 12.2. The molecule has 3 N–H and O–H groups in total. The van der Waals surface area contributed by atoms with Gasteiger partial charge in [0.2, 0.25) is 5.91 Å². The number of hydrogen-bond donors (Lipinski definition) is 2. The highest BCUT2D eigenvalue weighted by atomic mass is 35.5. The first kappa shape index (κ1) is 15.4. The lowest BCUT2D eigenvalue weighted by Crippen LogP contribution is -2.20. The Balaban J connectivity index is 2.09. The first-order valence-electron chi connectivity index (χ1n) is 6.87. The normalized spacial score (nSPS) is 12.0. The molecule has 110 valence electrons. The van der Waals surface area contributed by atoms with Crippen LogP contribution in [0.25, 0.3) is 0 Å². The van der Waals surface area contributed by atoms with Crippen LogP contribution < -0.4 is 11.1 Å². The average Bonchev–Trinajstić information content (AvgIpc) is 2.43. The van der Waals surface area contributed by atoms with Crippen molar-refractivity contribution in [3.05, 3.63) is 64.2 Å². The summed E-state index contributed by atoms with van der Waals surface area (Å²) >= 11 is 5.89. The van der Waals surface area contributed by atoms with E-state index in [0.717, 1.165) is 22.7 Å². The molecule has 2 aromatic rings. The van der Waals surface area contributed by atoms with E-state index in [4.69, 9.17) is 17.3 Å². The zero-order valence-corrected chi connectivity index (χ0v) is 12.9. The third-order valence-corrected chi connectivity index (χ3v) is 3.71. The van der Waals surface area contributed by atoms with Crippen LogP contribution in [0.1, 0.15) is 28.4 Å². The summed E-state index contributed by atoms with van der Waals surface area (Å²) in [5.41, 5.74) is 8.96. The molecule has 2 aromatic carbocycles. The minimum absolute atomic E-state index is 0.230. The van der Waals surface area contributed by atoms with Gasteiger partial charge in [-0.2, -0.15) is 0 Å². The zero-order chi connectivity index (χ0) is 15.4. The summed E-state index contributed by atoms with van der Waals surface area (Å²) in [6, 6.07) is 13.6. The topological polar surface area (TPSA) is 55.1 Å². The molecular formula is C17H19ClN2O. The van der Waals surface area contributed by atoms with Crippen LogP contribution in [0.2, 0.25) is 5.02 Å². The second kappa shape index (κ2) is 6.64. The highest BCUT2D eigenvalue weighted by Crippen LogP contribution is 2.20. The van der Waals surface area contributed by atoms with Gasteiger partial charge in [-0.05, 0) is 55.7 Å². The van der Waals surface area contributed by atoms with Gasteiger partial charge in [0.05, 0.1) is 0 Å². The lowest BCUT2D eigenvalue weighted by molar-refractivity contribution is 0.1000. The van der Waals surface area contributed by atoms with E-state index in [0.29, 0.717) is 5.56 Å². The van der Waals surface area contributed by atoms with Crippen molar-refractivity contribution in [1.82, 2.24) is 0 Å². The van der Waals surface area contributed by atoms with Crippen molar-refractivity contribution in [2.75, 3.05) is 5.32 Å². The molecule has 0 spiro atoms. The first-order chi connectivity index (χ1) is 9.97. The molecule has 1 unspecified atom stereocenters. The number of rotatable bonds is 5. The summed E-state index contributed by atoms with van der Waals surface area (Å²) in [5.74, 6) is -0.401. The number of primary amides is 1. The average molecular weight is 303 g/mol. The van der Waals surface area contributed by atoms with Crippen LogP contribution in [0, 0.1) is 6.92 Å². The summed E-state index contributed by atoms with van der Waals surface area (Å²) in [7, 11) is 0. The number of hydrogen-bond acceptors (Lipinski definition) is 2. The lowest BCUT2D eigenvalue weighted by atomic mass is 10.0. The summed E-state index contributed by atoms with van der Waals surface area (Å²) < 4.78 is 0. The van der Waals surface area contributed by atoms with Crippen molar-refractivity contribution in [2.24, 2.45) is 5.73 Å². The Bertz CT molecular complexity index is 638. The quantitative estimate of drug-likeness (QED) is 0.883. The van der Waals surface area contributed by atoms with E-state index in [1.165, 1.54) is 5.56 Å². The smallest absolute Gasteiger partial charge is 0.249 e. The fourth-order valence-corrected chi connectivity index (χ4v) is 2.48. The number of halogens is 1. The maximum atomic E-state index is 11.4. The second-order valence-corrected chi connectivity index (χ2v) is 5.65. The first-order valence-corrected chi connectivity index (χ1v) is 7.25. The molecular weight excluding hydrogens is 284 g/mol. The minimum Gasteiger partial charge on any atom is -0.382 e. The van der Waals surface area contributed by atoms with Crippen LogP contribution in [0.3, 0.4) is 0 Å². The fraction of sp³-hybridized carbons (Fsp3) is 0.235. The van der Waals surface area contributed by atoms with Crippen molar-refractivity contribution in [3.63, 3.8) is 0 Å². The van der Waals surface area contributed by atoms with Crippen LogP contribution in [0.5, 0.6) is 0 Å². The monoisotopic (exact) mass is 302 g/mol. The van der Waals surface area contributed by atoms with Gasteiger partial charge in [-0.15, -0.1) is 0 Å². The molecule has 0 aliphatic rings. The Morgan fingerprint density at radius 2 is 1.90 bits per heavy atom. The van der Waals surface area contributed by atoms with E-state index in [9.17, 15) is 4.79 Å². The van der Waals surface area contributed by atoms with Gasteiger partial charge in [0.25, 0.3) is 0 Å². The molecule has 0 fully saturated rings. The van der Waals surface area contributed by atoms with Gasteiger partial charge in [0, 0.05) is 22.3 Å². The molecule has 0 saturated carbocycles. The Morgan fingerprint density at radius 1 is 1.24 bits per heavy atom. The molecule has 0 aromatic heterocycles. The molecule has 21 heavy (non-hydrogen) atoms. The molecule has 3 nitrogen and oxygen atoms in total. The van der Waals surface area contributed by atoms with Crippen molar-refractivity contribution in [1.29, 1.82) is 0 Å². The molecule has 1 atom stereocenters. The van der Waals surface area contributed by atoms with E-state index in [2.05, 4.69) is 12.2 Å². The van der Waals surface area contributed by atoms with E-state index in [1.807, 2.05) is 43.3 Å². The number of nitrogens with two attached hydrogens (primary N) is 1. The maximum Gasteiger partial charge on any atom is 0.249 e. The number of carbonyl (C=O) groups is 1. The van der Waals surface area contributed by atoms with Crippen LogP contribution in [0.15, 0.2) is 42.5 Å². The van der Waals surface area contributed by atoms with E-state index in [-0.39, 0.29) is 6.04 Å². The highest BCUT2D eigenvalue weighted by molar-refractivity contribution is 6.30. The molecule has 0 radical (unpaired) electrons. The molecule has 4 heteroatoms. The van der Waals surface area contributed by atoms with Gasteiger partial charge in [0.15, 0.2) is 0 Å². The highest BCUT2D eigenvalue weighted by Gasteiger charge is 2.10. The van der Waals surface area contributed by atoms with Crippen molar-refractivity contribution in [2.45, 2.75) is 26.3 Å². The standard InChI is InChI=1S/C17H19ClN2O/c1-11(10-13-6-8-14(18)9-7-13)20-16-5-3-4-15(12(16)2)17(19)21/h3-9,11,20H,10H2,1-2H3,(H2,19,21). The number of carbonyl (C=O) groups excluding carboxylic acids is 1. The molecule has 2 rings (SSSR count). The van der Waals surface area contributed by atoms with Gasteiger partial charge < -0.3 is 11.1 Å². The number of amides is 1. The summed E-state index contributed by atoms with van der Waals surface area (Å²) in [4.78, 5) is 11.4. The van der Waals surface area contributed by atoms with Gasteiger partial charge >= 0.3 is 0 Å². The molecule has 0 aliphatic carbocycles. The molecule has 0 bridgehead atoms. The SMILES string of the molecule is Cc1c(NC(C)Cc2ccc(Cl)cc2)cccc1C(N)=O. The Labute approximate surface area is 130 Å². The Kier molecular flexibility index (Phi) is 4.86.